The van der Waals surface area contributed by atoms with Crippen LogP contribution in [0.25, 0.3) is 16.5 Å². The fourth-order valence-corrected chi connectivity index (χ4v) is 1.78. The zero-order chi connectivity index (χ0) is 11.5. The molecule has 0 spiro atoms. The van der Waals surface area contributed by atoms with Crippen molar-refractivity contribution < 1.29 is 0 Å². The molecule has 0 fully saturated rings. The predicted octanol–water partition coefficient (Wildman–Crippen LogP) is 3.76. The molecule has 0 bridgehead atoms. The lowest BCUT2D eigenvalue weighted by Crippen LogP contribution is -2.14. The molecular weight excluding hydrogens is 194 g/mol. The van der Waals surface area contributed by atoms with Crippen LogP contribution in [0, 0.1) is 0 Å². The van der Waals surface area contributed by atoms with Crippen LogP contribution in [0.1, 0.15) is 12.5 Å². The number of hydrogen-bond acceptors (Lipinski definition) is 1. The molecule has 0 saturated carbocycles. The van der Waals surface area contributed by atoms with Gasteiger partial charge in [0, 0.05) is 19.3 Å². The van der Waals surface area contributed by atoms with Gasteiger partial charge in [-0.2, -0.15) is 0 Å². The Bertz CT molecular complexity index is 514. The van der Waals surface area contributed by atoms with Crippen LogP contribution in [-0.4, -0.2) is 18.5 Å². The van der Waals surface area contributed by atoms with E-state index < -0.39 is 0 Å². The van der Waals surface area contributed by atoms with Gasteiger partial charge >= 0.3 is 0 Å². The summed E-state index contributed by atoms with van der Waals surface area (Å²) in [7, 11) is 2.07. The maximum Gasteiger partial charge on any atom is 0.0364 e. The van der Waals surface area contributed by atoms with E-state index in [0.717, 1.165) is 12.2 Å². The SMILES string of the molecule is C=C(c1ccc2ccccc2c1)N(C)CC. The molecule has 0 aromatic heterocycles. The Hall–Kier alpha value is -1.76. The first-order valence-electron chi connectivity index (χ1n) is 5.61. The Morgan fingerprint density at radius 3 is 2.50 bits per heavy atom. The summed E-state index contributed by atoms with van der Waals surface area (Å²) in [6.45, 7) is 7.24. The molecule has 0 radical (unpaired) electrons. The molecule has 2 aromatic carbocycles. The van der Waals surface area contributed by atoms with E-state index >= 15 is 0 Å². The van der Waals surface area contributed by atoms with Crippen LogP contribution in [0.15, 0.2) is 49.0 Å². The minimum absolute atomic E-state index is 0.978. The van der Waals surface area contributed by atoms with Crippen molar-refractivity contribution in [3.05, 3.63) is 54.6 Å². The lowest BCUT2D eigenvalue weighted by Gasteiger charge is -2.20. The molecule has 1 nitrogen and oxygen atoms in total. The molecule has 0 heterocycles. The summed E-state index contributed by atoms with van der Waals surface area (Å²) in [4.78, 5) is 2.16. The number of benzene rings is 2. The minimum Gasteiger partial charge on any atom is -0.375 e. The number of nitrogens with zero attached hydrogens (tertiary/aromatic N) is 1. The quantitative estimate of drug-likeness (QED) is 0.747. The zero-order valence-electron chi connectivity index (χ0n) is 9.90. The summed E-state index contributed by atoms with van der Waals surface area (Å²) in [6.07, 6.45) is 0. The molecule has 0 aliphatic carbocycles. The van der Waals surface area contributed by atoms with Crippen LogP contribution in [0.5, 0.6) is 0 Å². The van der Waals surface area contributed by atoms with E-state index in [0.29, 0.717) is 0 Å². The zero-order valence-corrected chi connectivity index (χ0v) is 9.90. The Labute approximate surface area is 97.0 Å². The van der Waals surface area contributed by atoms with E-state index in [1.807, 2.05) is 0 Å². The lowest BCUT2D eigenvalue weighted by molar-refractivity contribution is 0.510. The van der Waals surface area contributed by atoms with Crippen molar-refractivity contribution in [2.45, 2.75) is 6.92 Å². The first kappa shape index (κ1) is 10.7. The summed E-state index contributed by atoms with van der Waals surface area (Å²) in [5.74, 6) is 0. The van der Waals surface area contributed by atoms with Gasteiger partial charge in [0.15, 0.2) is 0 Å². The van der Waals surface area contributed by atoms with E-state index in [1.165, 1.54) is 16.3 Å². The molecule has 16 heavy (non-hydrogen) atoms. The second-order valence-electron chi connectivity index (χ2n) is 4.02. The average Bonchev–Trinajstić information content (AvgIpc) is 2.36. The summed E-state index contributed by atoms with van der Waals surface area (Å²) >= 11 is 0. The van der Waals surface area contributed by atoms with E-state index in [1.54, 1.807) is 0 Å². The smallest absolute Gasteiger partial charge is 0.0364 e. The molecule has 2 aromatic rings. The highest BCUT2D eigenvalue weighted by molar-refractivity contribution is 5.85. The van der Waals surface area contributed by atoms with Gasteiger partial charge in [0.2, 0.25) is 0 Å². The molecule has 82 valence electrons. The maximum atomic E-state index is 4.13. The first-order valence-corrected chi connectivity index (χ1v) is 5.61. The molecule has 0 N–H and O–H groups in total. The number of rotatable bonds is 3. The van der Waals surface area contributed by atoms with Crippen molar-refractivity contribution in [1.29, 1.82) is 0 Å². The van der Waals surface area contributed by atoms with Gasteiger partial charge in [0.05, 0.1) is 0 Å². The van der Waals surface area contributed by atoms with Gasteiger partial charge in [-0.3, -0.25) is 0 Å². The van der Waals surface area contributed by atoms with Gasteiger partial charge < -0.3 is 4.90 Å². The predicted molar refractivity (Wildman–Crippen MR) is 71.3 cm³/mol. The van der Waals surface area contributed by atoms with Crippen LogP contribution in [0.2, 0.25) is 0 Å². The Morgan fingerprint density at radius 2 is 1.81 bits per heavy atom. The van der Waals surface area contributed by atoms with Crippen molar-refractivity contribution in [1.82, 2.24) is 4.90 Å². The molecule has 0 amide bonds. The maximum absolute atomic E-state index is 4.13. The summed E-state index contributed by atoms with van der Waals surface area (Å²) < 4.78 is 0. The third kappa shape index (κ3) is 1.94. The molecule has 0 aliphatic rings. The summed E-state index contributed by atoms with van der Waals surface area (Å²) in [5.41, 5.74) is 2.27. The monoisotopic (exact) mass is 211 g/mol. The van der Waals surface area contributed by atoms with E-state index in [2.05, 4.69) is 67.9 Å². The van der Waals surface area contributed by atoms with E-state index in [9.17, 15) is 0 Å². The highest BCUT2D eigenvalue weighted by atomic mass is 15.1. The van der Waals surface area contributed by atoms with Gasteiger partial charge in [-0.25, -0.2) is 0 Å². The number of hydrogen-bond donors (Lipinski definition) is 0. The minimum atomic E-state index is 0.978. The molecule has 1 heteroatoms. The van der Waals surface area contributed by atoms with Gasteiger partial charge in [-0.1, -0.05) is 43.0 Å². The van der Waals surface area contributed by atoms with E-state index in [-0.39, 0.29) is 0 Å². The summed E-state index contributed by atoms with van der Waals surface area (Å²) in [5, 5.41) is 2.55. The van der Waals surface area contributed by atoms with Crippen LogP contribution in [-0.2, 0) is 0 Å². The number of fused-ring (bicyclic) bond motifs is 1. The molecule has 0 atom stereocenters. The van der Waals surface area contributed by atoms with Crippen LogP contribution in [0.3, 0.4) is 0 Å². The van der Waals surface area contributed by atoms with Gasteiger partial charge in [0.1, 0.15) is 0 Å². The van der Waals surface area contributed by atoms with Crippen LogP contribution >= 0.6 is 0 Å². The van der Waals surface area contributed by atoms with Crippen molar-refractivity contribution in [3.8, 4) is 0 Å². The van der Waals surface area contributed by atoms with Gasteiger partial charge in [-0.15, -0.1) is 0 Å². The lowest BCUT2D eigenvalue weighted by atomic mass is 10.1. The molecular formula is C15H17N. The normalized spacial score (nSPS) is 10.4. The van der Waals surface area contributed by atoms with Crippen LogP contribution in [0.4, 0.5) is 0 Å². The highest BCUT2D eigenvalue weighted by Crippen LogP contribution is 2.21. The molecule has 0 unspecified atom stereocenters. The Morgan fingerprint density at radius 1 is 1.12 bits per heavy atom. The van der Waals surface area contributed by atoms with Crippen molar-refractivity contribution in [3.63, 3.8) is 0 Å². The Kier molecular flexibility index (Phi) is 2.95. The molecule has 0 saturated heterocycles. The summed E-state index contributed by atoms with van der Waals surface area (Å²) in [6, 6.07) is 14.9. The standard InChI is InChI=1S/C15H17N/c1-4-16(3)12(2)14-10-9-13-7-5-6-8-15(13)11-14/h5-11H,2,4H2,1,3H3. The molecule has 2 rings (SSSR count). The molecule has 0 aliphatic heterocycles. The van der Waals surface area contributed by atoms with Crippen LogP contribution < -0.4 is 0 Å². The highest BCUT2D eigenvalue weighted by Gasteiger charge is 2.03. The van der Waals surface area contributed by atoms with E-state index in [4.69, 9.17) is 0 Å². The van der Waals surface area contributed by atoms with Crippen molar-refractivity contribution in [2.24, 2.45) is 0 Å². The fraction of sp³-hybridized carbons (Fsp3) is 0.200. The fourth-order valence-electron chi connectivity index (χ4n) is 1.78. The first-order chi connectivity index (χ1) is 7.72. The third-order valence-electron chi connectivity index (χ3n) is 3.02. The second-order valence-corrected chi connectivity index (χ2v) is 4.02. The largest absolute Gasteiger partial charge is 0.375 e. The van der Waals surface area contributed by atoms with Gasteiger partial charge in [-0.05, 0) is 29.3 Å². The Balaban J connectivity index is 2.43. The van der Waals surface area contributed by atoms with Crippen molar-refractivity contribution >= 4 is 16.5 Å². The van der Waals surface area contributed by atoms with Gasteiger partial charge in [0.25, 0.3) is 0 Å². The third-order valence-corrected chi connectivity index (χ3v) is 3.02. The topological polar surface area (TPSA) is 3.24 Å². The van der Waals surface area contributed by atoms with Crippen molar-refractivity contribution in [2.75, 3.05) is 13.6 Å². The second kappa shape index (κ2) is 4.40. The average molecular weight is 211 g/mol.